The highest BCUT2D eigenvalue weighted by atomic mass is 19.1. The van der Waals surface area contributed by atoms with Crippen LogP contribution >= 0.6 is 0 Å². The lowest BCUT2D eigenvalue weighted by molar-refractivity contribution is -0.383. The van der Waals surface area contributed by atoms with E-state index in [0.717, 1.165) is 17.8 Å². The molecule has 2 heterocycles. The number of nitro benzene ring substituents is 1. The number of benzene rings is 2. The summed E-state index contributed by atoms with van der Waals surface area (Å²) in [4.78, 5) is 42.0. The second kappa shape index (κ2) is 9.08. The minimum atomic E-state index is -0.859. The van der Waals surface area contributed by atoms with Crippen LogP contribution in [0.1, 0.15) is 17.7 Å². The molecule has 1 saturated heterocycles. The second-order valence-electron chi connectivity index (χ2n) is 7.79. The molecule has 1 amide bonds. The number of nitro groups is 1. The first-order valence-corrected chi connectivity index (χ1v) is 10.4. The number of non-ortho nitro benzene ring substituents is 1. The van der Waals surface area contributed by atoms with E-state index in [0.29, 0.717) is 37.4 Å². The van der Waals surface area contributed by atoms with Gasteiger partial charge >= 0.3 is 0 Å². The van der Waals surface area contributed by atoms with E-state index in [1.54, 1.807) is 17.0 Å². The van der Waals surface area contributed by atoms with Gasteiger partial charge in [0.05, 0.1) is 33.4 Å². The molecule has 1 aliphatic rings. The number of nitrogens with one attached hydrogen (secondary N) is 1. The van der Waals surface area contributed by atoms with Crippen LogP contribution in [0.25, 0.3) is 10.8 Å². The zero-order valence-electron chi connectivity index (χ0n) is 17.6. The van der Waals surface area contributed by atoms with Gasteiger partial charge in [0.1, 0.15) is 5.82 Å². The predicted octanol–water partition coefficient (Wildman–Crippen LogP) is 2.73. The predicted molar refractivity (Wildman–Crippen MR) is 119 cm³/mol. The molecule has 1 N–H and O–H groups in total. The molecule has 0 saturated carbocycles. The highest BCUT2D eigenvalue weighted by molar-refractivity contribution is 5.90. The Morgan fingerprint density at radius 1 is 1.12 bits per heavy atom. The molecular weight excluding hydrogens is 429 g/mol. The van der Waals surface area contributed by atoms with E-state index < -0.39 is 22.0 Å². The van der Waals surface area contributed by atoms with Crippen molar-refractivity contribution in [3.63, 3.8) is 0 Å². The molecule has 10 heteroatoms. The van der Waals surface area contributed by atoms with Crippen molar-refractivity contribution >= 4 is 28.1 Å². The molecular formula is C23H20FN5O4. The number of piperazine rings is 1. The topological polar surface area (TPSA) is 123 Å². The van der Waals surface area contributed by atoms with Gasteiger partial charge < -0.3 is 14.8 Å². The summed E-state index contributed by atoms with van der Waals surface area (Å²) in [7, 11) is 0. The fourth-order valence-corrected chi connectivity index (χ4v) is 4.01. The first kappa shape index (κ1) is 22.0. The van der Waals surface area contributed by atoms with Crippen molar-refractivity contribution in [2.24, 2.45) is 0 Å². The molecule has 0 spiro atoms. The quantitative estimate of drug-likeness (QED) is 0.472. The lowest BCUT2D eigenvalue weighted by Crippen LogP contribution is -2.48. The van der Waals surface area contributed by atoms with Crippen molar-refractivity contribution < 1.29 is 14.1 Å². The Balaban J connectivity index is 1.40. The number of carbonyl (C=O) groups excluding carboxylic acids is 1. The number of H-pyrrole nitrogens is 1. The maximum Gasteiger partial charge on any atom is 0.280 e. The van der Waals surface area contributed by atoms with Gasteiger partial charge in [-0.15, -0.1) is 0 Å². The first-order valence-electron chi connectivity index (χ1n) is 10.4. The van der Waals surface area contributed by atoms with E-state index in [9.17, 15) is 24.1 Å². The molecule has 3 aromatic rings. The Hall–Kier alpha value is -4.26. The number of pyridine rings is 1. The Morgan fingerprint density at radius 3 is 2.45 bits per heavy atom. The van der Waals surface area contributed by atoms with Gasteiger partial charge in [-0.2, -0.15) is 5.26 Å². The average Bonchev–Trinajstić information content (AvgIpc) is 2.82. The summed E-state index contributed by atoms with van der Waals surface area (Å²) < 4.78 is 13.6. The van der Waals surface area contributed by atoms with Crippen molar-refractivity contribution in [1.82, 2.24) is 9.88 Å². The number of nitriles is 1. The second-order valence-corrected chi connectivity index (χ2v) is 7.79. The van der Waals surface area contributed by atoms with Gasteiger partial charge in [-0.05, 0) is 42.8 Å². The molecule has 33 heavy (non-hydrogen) atoms. The number of hydrogen-bond acceptors (Lipinski definition) is 6. The summed E-state index contributed by atoms with van der Waals surface area (Å²) >= 11 is 0. The Kier molecular flexibility index (Phi) is 6.04. The van der Waals surface area contributed by atoms with Gasteiger partial charge in [0.25, 0.3) is 11.2 Å². The molecule has 0 atom stereocenters. The summed E-state index contributed by atoms with van der Waals surface area (Å²) in [5.41, 5.74) is 0.852. The van der Waals surface area contributed by atoms with Crippen LogP contribution in [0.4, 0.5) is 15.8 Å². The number of nitrogens with zero attached hydrogens (tertiary/aromatic N) is 4. The maximum absolute atomic E-state index is 13.6. The molecule has 0 bridgehead atoms. The summed E-state index contributed by atoms with van der Waals surface area (Å²) in [6.07, 6.45) is 0.335. The van der Waals surface area contributed by atoms with E-state index in [1.807, 2.05) is 12.1 Å². The van der Waals surface area contributed by atoms with E-state index in [1.165, 1.54) is 6.07 Å². The molecule has 0 radical (unpaired) electrons. The third-order valence-electron chi connectivity index (χ3n) is 5.76. The van der Waals surface area contributed by atoms with Crippen molar-refractivity contribution in [2.75, 3.05) is 31.1 Å². The number of carbonyl (C=O) groups is 1. The number of rotatable bonds is 5. The first-order chi connectivity index (χ1) is 15.9. The van der Waals surface area contributed by atoms with Crippen LogP contribution in [0, 0.1) is 27.3 Å². The van der Waals surface area contributed by atoms with Crippen molar-refractivity contribution in [3.8, 4) is 6.07 Å². The van der Waals surface area contributed by atoms with Crippen molar-refractivity contribution in [3.05, 3.63) is 80.0 Å². The summed E-state index contributed by atoms with van der Waals surface area (Å²) in [6.45, 7) is 2.39. The third kappa shape index (κ3) is 4.67. The molecule has 0 aliphatic carbocycles. The molecule has 1 aromatic heterocycles. The summed E-state index contributed by atoms with van der Waals surface area (Å²) in [5, 5.41) is 20.1. The normalized spacial score (nSPS) is 13.7. The molecule has 1 fully saturated rings. The maximum atomic E-state index is 13.6. The van der Waals surface area contributed by atoms with Gasteiger partial charge in [0, 0.05) is 44.0 Å². The minimum absolute atomic E-state index is 0.0450. The fourth-order valence-electron chi connectivity index (χ4n) is 4.01. The zero-order chi connectivity index (χ0) is 23.5. The molecule has 9 nitrogen and oxygen atoms in total. The SMILES string of the molecule is N#Cc1ccc(N2CCN(C(=O)CCc3cc4c([N+](=O)[O-])cc(F)cc4c(=O)[nH]3)CC2)cc1. The Labute approximate surface area is 187 Å². The standard InChI is InChI=1S/C23H20FN5O4/c24-16-11-20-19(21(12-16)29(32)33)13-17(26-23(20)31)3-6-22(30)28-9-7-27(8-10-28)18-4-1-15(14-25)2-5-18/h1-2,4-5,11-13H,3,6-10H2,(H,26,31). The minimum Gasteiger partial charge on any atom is -0.368 e. The Morgan fingerprint density at radius 2 is 1.82 bits per heavy atom. The molecule has 168 valence electrons. The van der Waals surface area contributed by atoms with Crippen LogP contribution in [-0.2, 0) is 11.2 Å². The zero-order valence-corrected chi connectivity index (χ0v) is 17.6. The van der Waals surface area contributed by atoms with E-state index in [2.05, 4.69) is 16.0 Å². The number of aromatic nitrogens is 1. The lowest BCUT2D eigenvalue weighted by atomic mass is 10.1. The monoisotopic (exact) mass is 449 g/mol. The van der Waals surface area contributed by atoms with E-state index in [-0.39, 0.29) is 29.5 Å². The third-order valence-corrected chi connectivity index (χ3v) is 5.76. The van der Waals surface area contributed by atoms with E-state index in [4.69, 9.17) is 5.26 Å². The molecule has 1 aliphatic heterocycles. The van der Waals surface area contributed by atoms with Gasteiger partial charge in [-0.25, -0.2) is 4.39 Å². The average molecular weight is 449 g/mol. The number of halogens is 1. The summed E-state index contributed by atoms with van der Waals surface area (Å²) in [6, 6.07) is 12.6. The lowest BCUT2D eigenvalue weighted by Gasteiger charge is -2.36. The van der Waals surface area contributed by atoms with Crippen LogP contribution in [0.5, 0.6) is 0 Å². The number of anilines is 1. The number of fused-ring (bicyclic) bond motifs is 1. The van der Waals surface area contributed by atoms with Gasteiger partial charge in [-0.1, -0.05) is 0 Å². The highest BCUT2D eigenvalue weighted by Gasteiger charge is 2.22. The van der Waals surface area contributed by atoms with Crippen molar-refractivity contribution in [2.45, 2.75) is 12.8 Å². The van der Waals surface area contributed by atoms with Crippen LogP contribution in [-0.4, -0.2) is 46.9 Å². The van der Waals surface area contributed by atoms with Crippen LogP contribution in [0.15, 0.2) is 47.3 Å². The van der Waals surface area contributed by atoms with Crippen molar-refractivity contribution in [1.29, 1.82) is 5.26 Å². The number of aromatic amines is 1. The molecule has 2 aromatic carbocycles. The Bertz CT molecular complexity index is 1320. The fraction of sp³-hybridized carbons (Fsp3) is 0.261. The van der Waals surface area contributed by atoms with E-state index >= 15 is 0 Å². The molecule has 4 rings (SSSR count). The largest absolute Gasteiger partial charge is 0.368 e. The number of amides is 1. The highest BCUT2D eigenvalue weighted by Crippen LogP contribution is 2.25. The number of aryl methyl sites for hydroxylation is 1. The van der Waals surface area contributed by atoms with Crippen LogP contribution in [0.2, 0.25) is 0 Å². The number of hydrogen-bond donors (Lipinski definition) is 1. The van der Waals surface area contributed by atoms with Gasteiger partial charge in [-0.3, -0.25) is 19.7 Å². The van der Waals surface area contributed by atoms with Gasteiger partial charge in [0.2, 0.25) is 5.91 Å². The smallest absolute Gasteiger partial charge is 0.280 e. The van der Waals surface area contributed by atoms with Crippen LogP contribution in [0.3, 0.4) is 0 Å². The summed E-state index contributed by atoms with van der Waals surface area (Å²) in [5.74, 6) is -0.938. The van der Waals surface area contributed by atoms with Crippen LogP contribution < -0.4 is 10.5 Å². The van der Waals surface area contributed by atoms with Gasteiger partial charge in [0.15, 0.2) is 0 Å². The molecule has 0 unspecified atom stereocenters.